The lowest BCUT2D eigenvalue weighted by atomic mass is 9.75. The van der Waals surface area contributed by atoms with Gasteiger partial charge in [-0.1, -0.05) is 31.2 Å². The topological polar surface area (TPSA) is 64.6 Å². The van der Waals surface area contributed by atoms with Gasteiger partial charge < -0.3 is 14.8 Å². The van der Waals surface area contributed by atoms with Crippen LogP contribution in [0.15, 0.2) is 46.8 Å². The van der Waals surface area contributed by atoms with Crippen LogP contribution in [0.5, 0.6) is 0 Å². The summed E-state index contributed by atoms with van der Waals surface area (Å²) in [6.07, 6.45) is 3.14. The molecule has 5 heteroatoms. The summed E-state index contributed by atoms with van der Waals surface area (Å²) in [6, 6.07) is 8.20. The molecule has 1 aromatic carbocycles. The van der Waals surface area contributed by atoms with Gasteiger partial charge in [0.2, 0.25) is 0 Å². The molecule has 0 amide bonds. The van der Waals surface area contributed by atoms with E-state index in [0.717, 1.165) is 41.8 Å². The van der Waals surface area contributed by atoms with Crippen LogP contribution in [-0.2, 0) is 25.5 Å². The van der Waals surface area contributed by atoms with Gasteiger partial charge in [-0.05, 0) is 44.2 Å². The molecule has 1 aliphatic carbocycles. The monoisotopic (exact) mass is 383 g/mol. The number of esters is 1. The summed E-state index contributed by atoms with van der Waals surface area (Å²) < 4.78 is 10.7. The Balaban J connectivity index is 1.97. The highest BCUT2D eigenvalue weighted by Gasteiger charge is 2.39. The molecule has 5 nitrogen and oxygen atoms in total. The van der Waals surface area contributed by atoms with Crippen LogP contribution in [0.1, 0.15) is 57.1 Å². The fraction of sp³-hybridized carbons (Fsp3) is 0.478. The third-order valence-electron chi connectivity index (χ3n) is 5.38. The summed E-state index contributed by atoms with van der Waals surface area (Å²) in [4.78, 5) is 25.8. The zero-order chi connectivity index (χ0) is 20.1. The van der Waals surface area contributed by atoms with Crippen molar-refractivity contribution in [2.45, 2.75) is 52.4 Å². The molecule has 1 atom stereocenters. The van der Waals surface area contributed by atoms with Crippen LogP contribution in [-0.4, -0.2) is 31.6 Å². The van der Waals surface area contributed by atoms with Crippen molar-refractivity contribution in [1.82, 2.24) is 5.32 Å². The Morgan fingerprint density at radius 1 is 1.14 bits per heavy atom. The highest BCUT2D eigenvalue weighted by atomic mass is 16.6. The quantitative estimate of drug-likeness (QED) is 0.573. The predicted octanol–water partition coefficient (Wildman–Crippen LogP) is 3.80. The number of Topliss-reactive ketones (excluding diaryl/α,β-unsaturated/α-hetero) is 1. The van der Waals surface area contributed by atoms with Crippen LogP contribution in [0.25, 0.3) is 0 Å². The third-order valence-corrected chi connectivity index (χ3v) is 5.38. The molecule has 28 heavy (non-hydrogen) atoms. The largest absolute Gasteiger partial charge is 0.460 e. The van der Waals surface area contributed by atoms with Gasteiger partial charge >= 0.3 is 5.97 Å². The first-order valence-electron chi connectivity index (χ1n) is 10.1. The van der Waals surface area contributed by atoms with Crippen LogP contribution >= 0.6 is 0 Å². The van der Waals surface area contributed by atoms with Gasteiger partial charge in [0, 0.05) is 35.9 Å². The molecule has 0 spiro atoms. The summed E-state index contributed by atoms with van der Waals surface area (Å²) in [7, 11) is 0. The highest BCUT2D eigenvalue weighted by Crippen LogP contribution is 2.42. The number of hydrogen-bond donors (Lipinski definition) is 1. The van der Waals surface area contributed by atoms with Crippen molar-refractivity contribution in [2.24, 2.45) is 0 Å². The smallest absolute Gasteiger partial charge is 0.336 e. The molecule has 1 aromatic rings. The summed E-state index contributed by atoms with van der Waals surface area (Å²) in [6.45, 7) is 7.04. The molecule has 0 radical (unpaired) electrons. The van der Waals surface area contributed by atoms with Crippen molar-refractivity contribution < 1.29 is 19.1 Å². The second-order valence-electron chi connectivity index (χ2n) is 7.19. The Hall–Kier alpha value is -2.40. The van der Waals surface area contributed by atoms with Crippen LogP contribution in [0.2, 0.25) is 0 Å². The van der Waals surface area contributed by atoms with Crippen molar-refractivity contribution >= 4 is 11.8 Å². The number of hydrogen-bond acceptors (Lipinski definition) is 5. The van der Waals surface area contributed by atoms with Gasteiger partial charge in [-0.25, -0.2) is 4.79 Å². The molecule has 0 unspecified atom stereocenters. The summed E-state index contributed by atoms with van der Waals surface area (Å²) in [5, 5.41) is 3.31. The summed E-state index contributed by atoms with van der Waals surface area (Å²) in [5.41, 5.74) is 5.14. The number of ketones is 1. The lowest BCUT2D eigenvalue weighted by Crippen LogP contribution is -2.34. The molecular formula is C23H29NO4. The number of carbonyl (C=O) groups is 2. The maximum absolute atomic E-state index is 13.0. The molecule has 2 aliphatic rings. The highest BCUT2D eigenvalue weighted by molar-refractivity contribution is 6.03. The Bertz CT molecular complexity index is 804. The molecule has 0 saturated carbocycles. The molecule has 1 aliphatic heterocycles. The maximum Gasteiger partial charge on any atom is 0.336 e. The van der Waals surface area contributed by atoms with Crippen LogP contribution in [0.4, 0.5) is 0 Å². The Morgan fingerprint density at radius 2 is 1.89 bits per heavy atom. The number of benzene rings is 1. The molecule has 0 bridgehead atoms. The van der Waals surface area contributed by atoms with Crippen molar-refractivity contribution in [3.8, 4) is 0 Å². The van der Waals surface area contributed by atoms with E-state index in [1.165, 1.54) is 5.56 Å². The van der Waals surface area contributed by atoms with Crippen LogP contribution in [0, 0.1) is 0 Å². The van der Waals surface area contributed by atoms with E-state index < -0.39 is 0 Å². The SMILES string of the molecule is CCOCCOC(=O)C1=C(C)NC2=C(C(=O)CCC2)[C@@H]1c1ccc(CC)cc1. The molecule has 0 saturated heterocycles. The van der Waals surface area contributed by atoms with Gasteiger partial charge in [0.05, 0.1) is 12.2 Å². The number of aryl methyl sites for hydroxylation is 1. The number of carbonyl (C=O) groups excluding carboxylic acids is 2. The number of ether oxygens (including phenoxy) is 2. The Morgan fingerprint density at radius 3 is 2.57 bits per heavy atom. The fourth-order valence-corrected chi connectivity index (χ4v) is 3.95. The van der Waals surface area contributed by atoms with E-state index in [-0.39, 0.29) is 24.3 Å². The number of allylic oxidation sites excluding steroid dienone is 3. The lowest BCUT2D eigenvalue weighted by molar-refractivity contribution is -0.140. The average molecular weight is 383 g/mol. The Kier molecular flexibility index (Phi) is 6.68. The zero-order valence-electron chi connectivity index (χ0n) is 17.0. The van der Waals surface area contributed by atoms with E-state index in [1.54, 1.807) is 0 Å². The molecule has 3 rings (SSSR count). The molecule has 1 heterocycles. The van der Waals surface area contributed by atoms with Crippen LogP contribution in [0.3, 0.4) is 0 Å². The van der Waals surface area contributed by atoms with E-state index in [4.69, 9.17) is 9.47 Å². The first kappa shape index (κ1) is 20.3. The minimum atomic E-state index is -0.390. The van der Waals surface area contributed by atoms with E-state index in [1.807, 2.05) is 26.0 Å². The van der Waals surface area contributed by atoms with Crippen molar-refractivity contribution in [3.05, 3.63) is 57.9 Å². The first-order chi connectivity index (χ1) is 13.6. The fourth-order valence-electron chi connectivity index (χ4n) is 3.95. The third kappa shape index (κ3) is 4.20. The minimum absolute atomic E-state index is 0.116. The van der Waals surface area contributed by atoms with Gasteiger partial charge in [0.25, 0.3) is 0 Å². The lowest BCUT2D eigenvalue weighted by Gasteiger charge is -2.34. The number of nitrogens with one attached hydrogen (secondary N) is 1. The minimum Gasteiger partial charge on any atom is -0.460 e. The average Bonchev–Trinajstić information content (AvgIpc) is 2.70. The molecule has 0 aromatic heterocycles. The molecule has 150 valence electrons. The van der Waals surface area contributed by atoms with E-state index in [9.17, 15) is 9.59 Å². The van der Waals surface area contributed by atoms with Gasteiger partial charge in [0.1, 0.15) is 6.61 Å². The van der Waals surface area contributed by atoms with E-state index in [2.05, 4.69) is 24.4 Å². The van der Waals surface area contributed by atoms with Crippen molar-refractivity contribution in [1.29, 1.82) is 0 Å². The van der Waals surface area contributed by atoms with Gasteiger partial charge in [-0.2, -0.15) is 0 Å². The predicted molar refractivity (Wildman–Crippen MR) is 108 cm³/mol. The first-order valence-corrected chi connectivity index (χ1v) is 10.1. The summed E-state index contributed by atoms with van der Waals surface area (Å²) in [5.74, 6) is -0.654. The maximum atomic E-state index is 13.0. The molecular weight excluding hydrogens is 354 g/mol. The van der Waals surface area contributed by atoms with Crippen molar-refractivity contribution in [2.75, 3.05) is 19.8 Å². The van der Waals surface area contributed by atoms with E-state index >= 15 is 0 Å². The molecule has 1 N–H and O–H groups in total. The second kappa shape index (κ2) is 9.20. The number of rotatable bonds is 7. The zero-order valence-corrected chi connectivity index (χ0v) is 17.0. The number of dihydropyridines is 1. The molecule has 0 fully saturated rings. The second-order valence-corrected chi connectivity index (χ2v) is 7.19. The van der Waals surface area contributed by atoms with Crippen LogP contribution < -0.4 is 5.32 Å². The standard InChI is InChI=1S/C23H29NO4/c1-4-16-9-11-17(12-10-16)21-20(23(26)28-14-13-27-5-2)15(3)24-18-7-6-8-19(25)22(18)21/h9-12,21,24H,4-8,13-14H2,1-3H3/t21-/m1/s1. The van der Waals surface area contributed by atoms with Crippen molar-refractivity contribution in [3.63, 3.8) is 0 Å². The van der Waals surface area contributed by atoms with E-state index in [0.29, 0.717) is 25.2 Å². The van der Waals surface area contributed by atoms with Gasteiger partial charge in [-0.15, -0.1) is 0 Å². The summed E-state index contributed by atoms with van der Waals surface area (Å²) >= 11 is 0. The van der Waals surface area contributed by atoms with Gasteiger partial charge in [-0.3, -0.25) is 4.79 Å². The normalized spacial score (nSPS) is 19.4. The Labute approximate surface area is 166 Å². The van der Waals surface area contributed by atoms with Gasteiger partial charge in [0.15, 0.2) is 5.78 Å².